The molecule has 0 saturated carbocycles. The van der Waals surface area contributed by atoms with E-state index < -0.39 is 0 Å². The van der Waals surface area contributed by atoms with Crippen LogP contribution in [-0.4, -0.2) is 0 Å². The average Bonchev–Trinajstić information content (AvgIpc) is 2.37. The van der Waals surface area contributed by atoms with Gasteiger partial charge in [-0.25, -0.2) is 0 Å². The first-order chi connectivity index (χ1) is 8.29. The fourth-order valence-electron chi connectivity index (χ4n) is 1.62. The van der Waals surface area contributed by atoms with Gasteiger partial charge in [0.25, 0.3) is 0 Å². The van der Waals surface area contributed by atoms with Crippen molar-refractivity contribution < 1.29 is 4.74 Å². The molecule has 0 aliphatic rings. The van der Waals surface area contributed by atoms with E-state index in [0.29, 0.717) is 18.2 Å². The van der Waals surface area contributed by atoms with Crippen molar-refractivity contribution in [3.63, 3.8) is 0 Å². The van der Waals surface area contributed by atoms with Gasteiger partial charge in [-0.3, -0.25) is 0 Å². The van der Waals surface area contributed by atoms with E-state index in [1.807, 2.05) is 42.5 Å². The van der Waals surface area contributed by atoms with Crippen LogP contribution in [0.4, 0.5) is 0 Å². The summed E-state index contributed by atoms with van der Waals surface area (Å²) in [7, 11) is 0. The van der Waals surface area contributed by atoms with Crippen LogP contribution in [0.5, 0.6) is 5.75 Å². The van der Waals surface area contributed by atoms with Gasteiger partial charge in [-0.1, -0.05) is 41.9 Å². The van der Waals surface area contributed by atoms with Crippen molar-refractivity contribution >= 4 is 11.6 Å². The maximum absolute atomic E-state index is 5.89. The van der Waals surface area contributed by atoms with Crippen LogP contribution in [0.1, 0.15) is 11.1 Å². The summed E-state index contributed by atoms with van der Waals surface area (Å²) in [5, 5.41) is 0.676. The van der Waals surface area contributed by atoms with Gasteiger partial charge in [-0.2, -0.15) is 0 Å². The zero-order valence-corrected chi connectivity index (χ0v) is 10.2. The molecule has 0 heterocycles. The van der Waals surface area contributed by atoms with Crippen molar-refractivity contribution in [3.05, 3.63) is 64.7 Å². The predicted molar refractivity (Wildman–Crippen MR) is 70.1 cm³/mol. The smallest absolute Gasteiger partial charge is 0.121 e. The first-order valence-corrected chi connectivity index (χ1v) is 5.82. The van der Waals surface area contributed by atoms with Gasteiger partial charge in [-0.05, 0) is 29.3 Å². The molecule has 2 aromatic rings. The van der Waals surface area contributed by atoms with Crippen molar-refractivity contribution in [2.45, 2.75) is 13.2 Å². The van der Waals surface area contributed by atoms with Crippen molar-refractivity contribution in [2.24, 2.45) is 5.73 Å². The quantitative estimate of drug-likeness (QED) is 0.899. The maximum Gasteiger partial charge on any atom is 0.121 e. The SMILES string of the molecule is NCc1ccccc1COc1cccc(Cl)c1. The minimum atomic E-state index is 0.508. The Bertz CT molecular complexity index is 499. The first kappa shape index (κ1) is 12.0. The Morgan fingerprint density at radius 3 is 2.47 bits per heavy atom. The van der Waals surface area contributed by atoms with Crippen molar-refractivity contribution in [2.75, 3.05) is 0 Å². The molecular formula is C14H14ClNO. The van der Waals surface area contributed by atoms with Crippen LogP contribution in [0.2, 0.25) is 5.02 Å². The van der Waals surface area contributed by atoms with Gasteiger partial charge in [-0.15, -0.1) is 0 Å². The standard InChI is InChI=1S/C14H14ClNO/c15-13-6-3-7-14(8-13)17-10-12-5-2-1-4-11(12)9-16/h1-8H,9-10,16H2. The van der Waals surface area contributed by atoms with Gasteiger partial charge in [0.05, 0.1) is 0 Å². The molecule has 0 saturated heterocycles. The lowest BCUT2D eigenvalue weighted by molar-refractivity contribution is 0.305. The van der Waals surface area contributed by atoms with E-state index in [1.54, 1.807) is 6.07 Å². The van der Waals surface area contributed by atoms with Crippen molar-refractivity contribution in [1.29, 1.82) is 0 Å². The van der Waals surface area contributed by atoms with Crippen LogP contribution < -0.4 is 10.5 Å². The monoisotopic (exact) mass is 247 g/mol. The van der Waals surface area contributed by atoms with Crippen molar-refractivity contribution in [1.82, 2.24) is 0 Å². The fraction of sp³-hybridized carbons (Fsp3) is 0.143. The Balaban J connectivity index is 2.07. The third-order valence-corrected chi connectivity index (χ3v) is 2.76. The van der Waals surface area contributed by atoms with Crippen LogP contribution in [0.3, 0.4) is 0 Å². The number of halogens is 1. The molecule has 0 amide bonds. The van der Waals surface area contributed by atoms with E-state index in [0.717, 1.165) is 16.9 Å². The molecule has 0 aromatic heterocycles. The van der Waals surface area contributed by atoms with Gasteiger partial charge in [0.1, 0.15) is 12.4 Å². The number of hydrogen-bond acceptors (Lipinski definition) is 2. The molecule has 0 unspecified atom stereocenters. The Kier molecular flexibility index (Phi) is 4.02. The highest BCUT2D eigenvalue weighted by Crippen LogP contribution is 2.19. The normalized spacial score (nSPS) is 10.2. The second-order valence-electron chi connectivity index (χ2n) is 3.72. The van der Waals surface area contributed by atoms with E-state index in [-0.39, 0.29) is 0 Å². The topological polar surface area (TPSA) is 35.2 Å². The molecule has 88 valence electrons. The lowest BCUT2D eigenvalue weighted by Gasteiger charge is -2.09. The molecule has 0 fully saturated rings. The second-order valence-corrected chi connectivity index (χ2v) is 4.16. The lowest BCUT2D eigenvalue weighted by atomic mass is 10.1. The van der Waals surface area contributed by atoms with Crippen LogP contribution in [0.15, 0.2) is 48.5 Å². The van der Waals surface area contributed by atoms with E-state index in [1.165, 1.54) is 0 Å². The molecule has 3 heteroatoms. The molecule has 0 aliphatic heterocycles. The van der Waals surface area contributed by atoms with Crippen LogP contribution in [-0.2, 0) is 13.2 Å². The Morgan fingerprint density at radius 1 is 1.00 bits per heavy atom. The Labute approximate surface area is 106 Å². The van der Waals surface area contributed by atoms with Crippen LogP contribution in [0, 0.1) is 0 Å². The van der Waals surface area contributed by atoms with Crippen LogP contribution in [0.25, 0.3) is 0 Å². The lowest BCUT2D eigenvalue weighted by Crippen LogP contribution is -2.04. The summed E-state index contributed by atoms with van der Waals surface area (Å²) < 4.78 is 5.68. The van der Waals surface area contributed by atoms with E-state index in [4.69, 9.17) is 22.1 Å². The molecule has 0 atom stereocenters. The summed E-state index contributed by atoms with van der Waals surface area (Å²) in [6.45, 7) is 1.03. The molecule has 2 aromatic carbocycles. The number of nitrogens with two attached hydrogens (primary N) is 1. The maximum atomic E-state index is 5.89. The molecule has 2 N–H and O–H groups in total. The molecule has 2 rings (SSSR count). The van der Waals surface area contributed by atoms with Gasteiger partial charge in [0.15, 0.2) is 0 Å². The molecule has 0 bridgehead atoms. The minimum absolute atomic E-state index is 0.508. The summed E-state index contributed by atoms with van der Waals surface area (Å²) in [4.78, 5) is 0. The van der Waals surface area contributed by atoms with Gasteiger partial charge in [0.2, 0.25) is 0 Å². The third-order valence-electron chi connectivity index (χ3n) is 2.53. The predicted octanol–water partition coefficient (Wildman–Crippen LogP) is 3.38. The highest BCUT2D eigenvalue weighted by atomic mass is 35.5. The molecule has 0 radical (unpaired) electrons. The first-order valence-electron chi connectivity index (χ1n) is 5.45. The Morgan fingerprint density at radius 2 is 1.76 bits per heavy atom. The summed E-state index contributed by atoms with van der Waals surface area (Å²) >= 11 is 5.89. The number of rotatable bonds is 4. The fourth-order valence-corrected chi connectivity index (χ4v) is 1.80. The highest BCUT2D eigenvalue weighted by molar-refractivity contribution is 6.30. The van der Waals surface area contributed by atoms with E-state index >= 15 is 0 Å². The summed E-state index contributed by atoms with van der Waals surface area (Å²) in [5.74, 6) is 0.768. The molecule has 17 heavy (non-hydrogen) atoms. The summed E-state index contributed by atoms with van der Waals surface area (Å²) in [6.07, 6.45) is 0. The third kappa shape index (κ3) is 3.22. The summed E-state index contributed by atoms with van der Waals surface area (Å²) in [6, 6.07) is 15.4. The number of hydrogen-bond donors (Lipinski definition) is 1. The van der Waals surface area contributed by atoms with E-state index in [9.17, 15) is 0 Å². The number of benzene rings is 2. The average molecular weight is 248 g/mol. The van der Waals surface area contributed by atoms with E-state index in [2.05, 4.69) is 0 Å². The Hall–Kier alpha value is -1.51. The van der Waals surface area contributed by atoms with Crippen molar-refractivity contribution in [3.8, 4) is 5.75 Å². The number of ether oxygens (including phenoxy) is 1. The van der Waals surface area contributed by atoms with Gasteiger partial charge in [0, 0.05) is 11.6 Å². The molecule has 0 aliphatic carbocycles. The zero-order valence-electron chi connectivity index (χ0n) is 9.40. The molecule has 2 nitrogen and oxygen atoms in total. The van der Waals surface area contributed by atoms with Crippen LogP contribution >= 0.6 is 11.6 Å². The van der Waals surface area contributed by atoms with Gasteiger partial charge < -0.3 is 10.5 Å². The molecular weight excluding hydrogens is 234 g/mol. The molecule has 0 spiro atoms. The second kappa shape index (κ2) is 5.71. The highest BCUT2D eigenvalue weighted by Gasteiger charge is 2.01. The minimum Gasteiger partial charge on any atom is -0.489 e. The largest absolute Gasteiger partial charge is 0.489 e. The van der Waals surface area contributed by atoms with Gasteiger partial charge >= 0.3 is 0 Å². The summed E-state index contributed by atoms with van der Waals surface area (Å²) in [5.41, 5.74) is 7.88. The zero-order chi connectivity index (χ0) is 12.1.